The van der Waals surface area contributed by atoms with Crippen molar-refractivity contribution in [1.29, 1.82) is 0 Å². The largest absolute Gasteiger partial charge is 0.377 e. The van der Waals surface area contributed by atoms with Crippen molar-refractivity contribution in [2.24, 2.45) is 0 Å². The fourth-order valence-electron chi connectivity index (χ4n) is 2.26. The average molecular weight is 344 g/mol. The molecule has 6 nitrogen and oxygen atoms in total. The molecule has 8 heteroatoms. The van der Waals surface area contributed by atoms with Gasteiger partial charge in [0, 0.05) is 25.3 Å². The highest BCUT2D eigenvalue weighted by Gasteiger charge is 2.17. The molecule has 2 N–H and O–H groups in total. The number of nitrogens with one attached hydrogen (secondary N) is 2. The third-order valence-corrected chi connectivity index (χ3v) is 4.92. The van der Waals surface area contributed by atoms with E-state index in [2.05, 4.69) is 10.0 Å². The van der Waals surface area contributed by atoms with Crippen LogP contribution in [0.2, 0.25) is 0 Å². The first-order chi connectivity index (χ1) is 11.0. The van der Waals surface area contributed by atoms with Crippen molar-refractivity contribution in [2.75, 3.05) is 25.4 Å². The highest BCUT2D eigenvalue weighted by Crippen LogP contribution is 2.11. The van der Waals surface area contributed by atoms with Crippen LogP contribution in [0.15, 0.2) is 24.3 Å². The first-order valence-electron chi connectivity index (χ1n) is 7.59. The number of carbonyl (C=O) groups is 1. The van der Waals surface area contributed by atoms with Crippen molar-refractivity contribution in [1.82, 2.24) is 10.0 Å². The molecule has 1 heterocycles. The number of hydrogen-bond acceptors (Lipinski definition) is 4. The summed E-state index contributed by atoms with van der Waals surface area (Å²) in [5.41, 5.74) is 0.285. The topological polar surface area (TPSA) is 84.5 Å². The van der Waals surface area contributed by atoms with Gasteiger partial charge in [0.1, 0.15) is 5.82 Å². The quantitative estimate of drug-likeness (QED) is 0.774. The Balaban J connectivity index is 1.71. The van der Waals surface area contributed by atoms with Gasteiger partial charge in [-0.3, -0.25) is 4.79 Å². The SMILES string of the molecule is O=C(NCCS(=O)(=O)NCC1CCCCO1)c1ccc(F)cc1. The molecule has 0 bridgehead atoms. The molecular formula is C15H21FN2O4S. The molecule has 1 unspecified atom stereocenters. The fourth-order valence-corrected chi connectivity index (χ4v) is 3.22. The van der Waals surface area contributed by atoms with Crippen molar-refractivity contribution in [3.63, 3.8) is 0 Å². The van der Waals surface area contributed by atoms with E-state index in [-0.39, 0.29) is 30.5 Å². The molecule has 2 rings (SSSR count). The van der Waals surface area contributed by atoms with E-state index in [4.69, 9.17) is 4.74 Å². The van der Waals surface area contributed by atoms with E-state index in [0.717, 1.165) is 19.3 Å². The summed E-state index contributed by atoms with van der Waals surface area (Å²) >= 11 is 0. The molecule has 1 aromatic rings. The lowest BCUT2D eigenvalue weighted by Crippen LogP contribution is -2.39. The number of benzene rings is 1. The Morgan fingerprint density at radius 1 is 1.26 bits per heavy atom. The zero-order valence-corrected chi connectivity index (χ0v) is 13.6. The number of sulfonamides is 1. The predicted molar refractivity (Wildman–Crippen MR) is 84.1 cm³/mol. The lowest BCUT2D eigenvalue weighted by atomic mass is 10.1. The van der Waals surface area contributed by atoms with Crippen LogP contribution in [0, 0.1) is 5.82 Å². The summed E-state index contributed by atoms with van der Waals surface area (Å²) in [4.78, 5) is 11.8. The number of ether oxygens (including phenoxy) is 1. The van der Waals surface area contributed by atoms with Crippen LogP contribution in [-0.4, -0.2) is 45.9 Å². The molecule has 0 spiro atoms. The van der Waals surface area contributed by atoms with Crippen LogP contribution in [0.5, 0.6) is 0 Å². The first-order valence-corrected chi connectivity index (χ1v) is 9.24. The Kier molecular flexibility index (Phi) is 6.49. The number of halogens is 1. The third-order valence-electron chi connectivity index (χ3n) is 3.57. The summed E-state index contributed by atoms with van der Waals surface area (Å²) < 4.78 is 44.5. The lowest BCUT2D eigenvalue weighted by Gasteiger charge is -2.22. The van der Waals surface area contributed by atoms with Gasteiger partial charge in [-0.1, -0.05) is 0 Å². The molecule has 1 fully saturated rings. The van der Waals surface area contributed by atoms with E-state index in [1.807, 2.05) is 0 Å². The van der Waals surface area contributed by atoms with E-state index >= 15 is 0 Å². The van der Waals surface area contributed by atoms with E-state index in [1.165, 1.54) is 24.3 Å². The van der Waals surface area contributed by atoms with Crippen molar-refractivity contribution in [2.45, 2.75) is 25.4 Å². The Labute approximate surface area is 135 Å². The molecule has 1 aliphatic rings. The molecule has 1 amide bonds. The van der Waals surface area contributed by atoms with Crippen LogP contribution in [0.3, 0.4) is 0 Å². The maximum Gasteiger partial charge on any atom is 0.251 e. The first kappa shape index (κ1) is 17.8. The molecule has 1 atom stereocenters. The van der Waals surface area contributed by atoms with Gasteiger partial charge >= 0.3 is 0 Å². The van der Waals surface area contributed by atoms with Crippen LogP contribution in [-0.2, 0) is 14.8 Å². The summed E-state index contributed by atoms with van der Waals surface area (Å²) in [5.74, 6) is -1.08. The minimum atomic E-state index is -3.47. The van der Waals surface area contributed by atoms with Crippen LogP contribution in [0.1, 0.15) is 29.6 Å². The van der Waals surface area contributed by atoms with Crippen molar-refractivity contribution >= 4 is 15.9 Å². The molecule has 1 aliphatic heterocycles. The molecule has 1 aromatic carbocycles. The number of carbonyl (C=O) groups excluding carboxylic acids is 1. The van der Waals surface area contributed by atoms with E-state index in [0.29, 0.717) is 6.61 Å². The average Bonchev–Trinajstić information content (AvgIpc) is 2.54. The summed E-state index contributed by atoms with van der Waals surface area (Å²) in [6, 6.07) is 5.05. The van der Waals surface area contributed by atoms with Crippen molar-refractivity contribution < 1.29 is 22.3 Å². The van der Waals surface area contributed by atoms with Gasteiger partial charge in [-0.25, -0.2) is 17.5 Å². The molecule has 0 saturated carbocycles. The normalized spacial score (nSPS) is 18.6. The van der Waals surface area contributed by atoms with Gasteiger partial charge in [-0.05, 0) is 43.5 Å². The number of rotatable bonds is 7. The summed E-state index contributed by atoms with van der Waals surface area (Å²) in [6.45, 7) is 0.908. The monoisotopic (exact) mass is 344 g/mol. The fraction of sp³-hybridized carbons (Fsp3) is 0.533. The zero-order chi connectivity index (χ0) is 16.7. The summed E-state index contributed by atoms with van der Waals surface area (Å²) in [5, 5.41) is 2.50. The highest BCUT2D eigenvalue weighted by molar-refractivity contribution is 7.89. The highest BCUT2D eigenvalue weighted by atomic mass is 32.2. The van der Waals surface area contributed by atoms with E-state index in [1.54, 1.807) is 0 Å². The minimum Gasteiger partial charge on any atom is -0.377 e. The second-order valence-electron chi connectivity index (χ2n) is 5.42. The van der Waals surface area contributed by atoms with Crippen LogP contribution in [0.25, 0.3) is 0 Å². The van der Waals surface area contributed by atoms with Gasteiger partial charge < -0.3 is 10.1 Å². The molecule has 0 radical (unpaired) electrons. The Morgan fingerprint density at radius 2 is 2.00 bits per heavy atom. The zero-order valence-electron chi connectivity index (χ0n) is 12.8. The summed E-state index contributed by atoms with van der Waals surface area (Å²) in [6.07, 6.45) is 2.83. The summed E-state index contributed by atoms with van der Waals surface area (Å²) in [7, 11) is -3.47. The predicted octanol–water partition coefficient (Wildman–Crippen LogP) is 1.04. The maximum atomic E-state index is 12.8. The molecule has 128 valence electrons. The van der Waals surface area contributed by atoms with Gasteiger partial charge in [0.2, 0.25) is 10.0 Å². The van der Waals surface area contributed by atoms with Gasteiger partial charge in [-0.15, -0.1) is 0 Å². The van der Waals surface area contributed by atoms with Crippen molar-refractivity contribution in [3.05, 3.63) is 35.6 Å². The van der Waals surface area contributed by atoms with Gasteiger partial charge in [0.15, 0.2) is 0 Å². The van der Waals surface area contributed by atoms with Crippen molar-refractivity contribution in [3.8, 4) is 0 Å². The Hall–Kier alpha value is -1.51. The van der Waals surface area contributed by atoms with Crippen LogP contribution < -0.4 is 10.0 Å². The third kappa shape index (κ3) is 6.25. The molecule has 1 saturated heterocycles. The van der Waals surface area contributed by atoms with Gasteiger partial charge in [-0.2, -0.15) is 0 Å². The second kappa shape index (κ2) is 8.37. The molecule has 23 heavy (non-hydrogen) atoms. The molecule has 0 aromatic heterocycles. The smallest absolute Gasteiger partial charge is 0.251 e. The Morgan fingerprint density at radius 3 is 2.65 bits per heavy atom. The van der Waals surface area contributed by atoms with E-state index in [9.17, 15) is 17.6 Å². The van der Waals surface area contributed by atoms with Crippen LogP contribution in [0.4, 0.5) is 4.39 Å². The van der Waals surface area contributed by atoms with Gasteiger partial charge in [0.25, 0.3) is 5.91 Å². The molecule has 0 aliphatic carbocycles. The van der Waals surface area contributed by atoms with Gasteiger partial charge in [0.05, 0.1) is 11.9 Å². The molecular weight excluding hydrogens is 323 g/mol. The minimum absolute atomic E-state index is 0.0168. The van der Waals surface area contributed by atoms with Crippen LogP contribution >= 0.6 is 0 Å². The second-order valence-corrected chi connectivity index (χ2v) is 7.35. The standard InChI is InChI=1S/C15H21FN2O4S/c16-13-6-4-12(5-7-13)15(19)17-8-10-23(20,21)18-11-14-3-1-2-9-22-14/h4-7,14,18H,1-3,8-11H2,(H,17,19). The van der Waals surface area contributed by atoms with E-state index < -0.39 is 21.7 Å². The lowest BCUT2D eigenvalue weighted by molar-refractivity contribution is 0.0200. The maximum absolute atomic E-state index is 12.8. The number of amides is 1. The Bertz CT molecular complexity index is 613. The number of hydrogen-bond donors (Lipinski definition) is 2.